The van der Waals surface area contributed by atoms with Gasteiger partial charge in [0.15, 0.2) is 0 Å². The van der Waals surface area contributed by atoms with Gasteiger partial charge in [0.05, 0.1) is 24.1 Å². The number of para-hydroxylation sites is 1. The lowest BCUT2D eigenvalue weighted by Gasteiger charge is -2.16. The minimum absolute atomic E-state index is 0.0818. The number of nitrogens with zero attached hydrogens (tertiary/aromatic N) is 2. The normalized spacial score (nSPS) is 13.9. The van der Waals surface area contributed by atoms with E-state index in [4.69, 9.17) is 9.26 Å². The zero-order chi connectivity index (χ0) is 19.6. The summed E-state index contributed by atoms with van der Waals surface area (Å²) >= 11 is 0. The molecule has 1 N–H and O–H groups in total. The van der Waals surface area contributed by atoms with E-state index in [0.29, 0.717) is 17.1 Å². The molecule has 3 aromatic rings. The molecule has 4 rings (SSSR count). The third-order valence-corrected chi connectivity index (χ3v) is 6.26. The summed E-state index contributed by atoms with van der Waals surface area (Å²) in [6.45, 7) is -0.0818. The van der Waals surface area contributed by atoms with Gasteiger partial charge in [0.1, 0.15) is 5.75 Å². The summed E-state index contributed by atoms with van der Waals surface area (Å²) in [6.07, 6.45) is 4.18. The van der Waals surface area contributed by atoms with Crippen molar-refractivity contribution in [2.24, 2.45) is 0 Å². The fourth-order valence-electron chi connectivity index (χ4n) is 3.38. The van der Waals surface area contributed by atoms with Crippen LogP contribution in [0.3, 0.4) is 0 Å². The van der Waals surface area contributed by atoms with Crippen LogP contribution >= 0.6 is 0 Å². The Hall–Kier alpha value is -2.71. The van der Waals surface area contributed by atoms with E-state index in [2.05, 4.69) is 14.9 Å². The maximum Gasteiger partial charge on any atom is 0.242 e. The van der Waals surface area contributed by atoms with E-state index in [1.54, 1.807) is 25.3 Å². The van der Waals surface area contributed by atoms with E-state index in [1.165, 1.54) is 5.56 Å². The molecule has 1 heterocycles. The second-order valence-corrected chi connectivity index (χ2v) is 8.44. The van der Waals surface area contributed by atoms with Crippen molar-refractivity contribution in [1.82, 2.24) is 14.9 Å². The molecule has 1 aliphatic carbocycles. The Bertz CT molecular complexity index is 1090. The van der Waals surface area contributed by atoms with E-state index >= 15 is 0 Å². The lowest BCUT2D eigenvalue weighted by molar-refractivity contribution is 0.375. The molecule has 0 aliphatic heterocycles. The molecule has 0 amide bonds. The zero-order valence-electron chi connectivity index (χ0n) is 15.5. The molecule has 0 atom stereocenters. The lowest BCUT2D eigenvalue weighted by Crippen LogP contribution is -2.23. The van der Waals surface area contributed by atoms with Crippen LogP contribution in [0.2, 0.25) is 0 Å². The van der Waals surface area contributed by atoms with E-state index in [1.807, 2.05) is 24.3 Å². The molecule has 0 bridgehead atoms. The first-order valence-electron chi connectivity index (χ1n) is 9.14. The minimum Gasteiger partial charge on any atom is -0.496 e. The van der Waals surface area contributed by atoms with Gasteiger partial charge in [-0.3, -0.25) is 0 Å². The maximum atomic E-state index is 12.6. The number of ether oxygens (including phenoxy) is 1. The Balaban J connectivity index is 1.49. The monoisotopic (exact) mass is 399 g/mol. The topological polar surface area (TPSA) is 94.3 Å². The van der Waals surface area contributed by atoms with Gasteiger partial charge in [-0.25, -0.2) is 13.1 Å². The van der Waals surface area contributed by atoms with Gasteiger partial charge in [0, 0.05) is 0 Å². The molecule has 0 spiro atoms. The maximum absolute atomic E-state index is 12.6. The Morgan fingerprint density at radius 2 is 1.89 bits per heavy atom. The van der Waals surface area contributed by atoms with Crippen LogP contribution in [-0.4, -0.2) is 25.7 Å². The summed E-state index contributed by atoms with van der Waals surface area (Å²) in [5.41, 5.74) is 3.03. The molecule has 28 heavy (non-hydrogen) atoms. The number of benzene rings is 2. The highest BCUT2D eigenvalue weighted by atomic mass is 32.2. The lowest BCUT2D eigenvalue weighted by atomic mass is 9.92. The van der Waals surface area contributed by atoms with Crippen LogP contribution in [0.1, 0.15) is 29.9 Å². The zero-order valence-corrected chi connectivity index (χ0v) is 16.3. The first-order chi connectivity index (χ1) is 13.6. The molecule has 0 radical (unpaired) electrons. The molecule has 2 aromatic carbocycles. The van der Waals surface area contributed by atoms with Crippen LogP contribution in [0.5, 0.6) is 5.75 Å². The fourth-order valence-corrected chi connectivity index (χ4v) is 4.41. The number of hydrogen-bond acceptors (Lipinski definition) is 6. The molecular weight excluding hydrogens is 378 g/mol. The second-order valence-electron chi connectivity index (χ2n) is 6.67. The Morgan fingerprint density at radius 1 is 1.11 bits per heavy atom. The number of sulfonamides is 1. The second kappa shape index (κ2) is 7.73. The van der Waals surface area contributed by atoms with Crippen molar-refractivity contribution in [2.75, 3.05) is 7.11 Å². The molecule has 0 unspecified atom stereocenters. The molecule has 0 saturated heterocycles. The first kappa shape index (κ1) is 18.6. The van der Waals surface area contributed by atoms with Crippen molar-refractivity contribution in [3.63, 3.8) is 0 Å². The summed E-state index contributed by atoms with van der Waals surface area (Å²) in [5, 5.41) is 3.93. The third-order valence-electron chi connectivity index (χ3n) is 4.86. The van der Waals surface area contributed by atoms with E-state index < -0.39 is 10.0 Å². The number of nitrogens with one attached hydrogen (secondary N) is 1. The van der Waals surface area contributed by atoms with E-state index in [0.717, 1.165) is 31.2 Å². The van der Waals surface area contributed by atoms with Gasteiger partial charge >= 0.3 is 0 Å². The molecule has 1 aliphatic rings. The standard InChI is InChI=1S/C20H21N3O4S/c1-26-18-9-5-4-8-17(18)20-22-19(27-23-20)13-21-28(24,25)16-11-10-14-6-2-3-7-15(14)12-16/h4-5,8-12,21H,2-3,6-7,13H2,1H3. The van der Waals surface area contributed by atoms with Crippen LogP contribution in [0.25, 0.3) is 11.4 Å². The summed E-state index contributed by atoms with van der Waals surface area (Å²) in [7, 11) is -2.10. The van der Waals surface area contributed by atoms with Crippen LogP contribution in [0.4, 0.5) is 0 Å². The predicted molar refractivity (Wildman–Crippen MR) is 103 cm³/mol. The van der Waals surface area contributed by atoms with Crippen LogP contribution in [-0.2, 0) is 29.4 Å². The highest BCUT2D eigenvalue weighted by Crippen LogP contribution is 2.27. The van der Waals surface area contributed by atoms with Crippen LogP contribution in [0, 0.1) is 0 Å². The molecule has 0 fully saturated rings. The summed E-state index contributed by atoms with van der Waals surface area (Å²) in [4.78, 5) is 4.53. The highest BCUT2D eigenvalue weighted by Gasteiger charge is 2.19. The van der Waals surface area contributed by atoms with Gasteiger partial charge in [0.2, 0.25) is 21.7 Å². The molecule has 7 nitrogen and oxygen atoms in total. The average Bonchev–Trinajstić information content (AvgIpc) is 3.21. The highest BCUT2D eigenvalue weighted by molar-refractivity contribution is 7.89. The summed E-state index contributed by atoms with van der Waals surface area (Å²) in [5.74, 6) is 1.15. The Labute approximate surface area is 163 Å². The third kappa shape index (κ3) is 3.79. The molecule has 0 saturated carbocycles. The van der Waals surface area contributed by atoms with E-state index in [-0.39, 0.29) is 17.3 Å². The molecule has 146 valence electrons. The van der Waals surface area contributed by atoms with Crippen LogP contribution < -0.4 is 9.46 Å². The average molecular weight is 399 g/mol. The van der Waals surface area contributed by atoms with Gasteiger partial charge in [0.25, 0.3) is 0 Å². The Morgan fingerprint density at radius 3 is 2.71 bits per heavy atom. The largest absolute Gasteiger partial charge is 0.496 e. The van der Waals surface area contributed by atoms with Gasteiger partial charge in [-0.15, -0.1) is 0 Å². The number of aryl methyl sites for hydroxylation is 2. The summed E-state index contributed by atoms with van der Waals surface area (Å²) < 4.78 is 38.3. The smallest absolute Gasteiger partial charge is 0.242 e. The quantitative estimate of drug-likeness (QED) is 0.684. The molecule has 8 heteroatoms. The van der Waals surface area contributed by atoms with Crippen molar-refractivity contribution in [3.05, 3.63) is 59.5 Å². The number of fused-ring (bicyclic) bond motifs is 1. The van der Waals surface area contributed by atoms with Gasteiger partial charge < -0.3 is 9.26 Å². The van der Waals surface area contributed by atoms with Crippen molar-refractivity contribution in [3.8, 4) is 17.1 Å². The van der Waals surface area contributed by atoms with E-state index in [9.17, 15) is 8.42 Å². The number of rotatable bonds is 6. The van der Waals surface area contributed by atoms with Crippen molar-refractivity contribution in [2.45, 2.75) is 37.1 Å². The predicted octanol–water partition coefficient (Wildman–Crippen LogP) is 3.10. The van der Waals surface area contributed by atoms with Gasteiger partial charge in [-0.2, -0.15) is 4.98 Å². The summed E-state index contributed by atoms with van der Waals surface area (Å²) in [6, 6.07) is 12.6. The molecule has 1 aromatic heterocycles. The fraction of sp³-hybridized carbons (Fsp3) is 0.300. The number of aromatic nitrogens is 2. The van der Waals surface area contributed by atoms with Gasteiger partial charge in [-0.05, 0) is 61.1 Å². The molecular formula is C20H21N3O4S. The number of hydrogen-bond donors (Lipinski definition) is 1. The van der Waals surface area contributed by atoms with Crippen molar-refractivity contribution < 1.29 is 17.7 Å². The SMILES string of the molecule is COc1ccccc1-c1noc(CNS(=O)(=O)c2ccc3c(c2)CCCC3)n1. The van der Waals surface area contributed by atoms with Gasteiger partial charge in [-0.1, -0.05) is 23.4 Å². The van der Waals surface area contributed by atoms with Crippen molar-refractivity contribution >= 4 is 10.0 Å². The Kier molecular flexibility index (Phi) is 5.15. The van der Waals surface area contributed by atoms with Crippen molar-refractivity contribution in [1.29, 1.82) is 0 Å². The first-order valence-corrected chi connectivity index (χ1v) is 10.6. The minimum atomic E-state index is -3.66. The van der Waals surface area contributed by atoms with Crippen LogP contribution in [0.15, 0.2) is 51.9 Å². The number of methoxy groups -OCH3 is 1.